The summed E-state index contributed by atoms with van der Waals surface area (Å²) in [7, 11) is 3.91. The Balaban J connectivity index is 0.000000228. The van der Waals surface area contributed by atoms with Gasteiger partial charge < -0.3 is 20.4 Å². The van der Waals surface area contributed by atoms with Crippen molar-refractivity contribution in [3.8, 4) is 0 Å². The Hall–Kier alpha value is -3.43. The topological polar surface area (TPSA) is 99.2 Å². The first-order chi connectivity index (χ1) is 19.0. The second-order valence-corrected chi connectivity index (χ2v) is 10.2. The summed E-state index contributed by atoms with van der Waals surface area (Å²) in [5.74, 6) is -0.623. The van der Waals surface area contributed by atoms with Crippen molar-refractivity contribution >= 4 is 17.3 Å². The van der Waals surface area contributed by atoms with Crippen LogP contribution in [0.25, 0.3) is 0 Å². The maximum Gasteiger partial charge on any atom is 0.416 e. The first kappa shape index (κ1) is 32.1. The summed E-state index contributed by atoms with van der Waals surface area (Å²) in [5.41, 5.74) is 3.42. The molecule has 2 aliphatic heterocycles. The van der Waals surface area contributed by atoms with Crippen LogP contribution >= 0.6 is 0 Å². The van der Waals surface area contributed by atoms with Gasteiger partial charge in [0.2, 0.25) is 0 Å². The number of nitrogens with zero attached hydrogens (tertiary/aromatic N) is 5. The fourth-order valence-corrected chi connectivity index (χ4v) is 4.43. The first-order valence-electron chi connectivity index (χ1n) is 12.7. The molecule has 9 nitrogen and oxygen atoms in total. The number of nitrogen functional groups attached to an aromatic ring is 1. The number of alkyl halides is 6. The molecule has 0 aromatic heterocycles. The number of hydrogen-bond acceptors (Lipinski definition) is 7. The molecule has 15 heteroatoms. The highest BCUT2D eigenvalue weighted by Crippen LogP contribution is 2.33. The molecule has 2 N–H and O–H groups in total. The standard InChI is InChI=1S/C13H14F3N3O3.C13H18F3N3/c1-17-2-4-18(5-3-17)12(20)9-6-10(13(14,15)16)8-11(7-9)19(21)22;1-18-2-4-19(5-3-18)9-10-6-11(13(14,15)16)8-12(17)7-10/h6-8H,2-5H2,1H3;6-8H,2-5,9,17H2,1H3. The number of halogens is 6. The lowest BCUT2D eigenvalue weighted by Gasteiger charge is -2.32. The van der Waals surface area contributed by atoms with Crippen molar-refractivity contribution in [2.45, 2.75) is 18.9 Å². The third-order valence-electron chi connectivity index (χ3n) is 6.84. The first-order valence-corrected chi connectivity index (χ1v) is 12.7. The number of rotatable bonds is 4. The zero-order chi connectivity index (χ0) is 30.5. The van der Waals surface area contributed by atoms with Crippen molar-refractivity contribution in [2.75, 3.05) is 72.2 Å². The smallest absolute Gasteiger partial charge is 0.399 e. The number of hydrogen-bond donors (Lipinski definition) is 1. The Morgan fingerprint density at radius 2 is 1.32 bits per heavy atom. The van der Waals surface area contributed by atoms with E-state index in [1.54, 1.807) is 6.07 Å². The summed E-state index contributed by atoms with van der Waals surface area (Å²) >= 11 is 0. The number of benzene rings is 2. The van der Waals surface area contributed by atoms with Gasteiger partial charge in [-0.05, 0) is 43.9 Å². The molecule has 1 amide bonds. The molecule has 2 heterocycles. The maximum atomic E-state index is 12.8. The second kappa shape index (κ2) is 13.0. The summed E-state index contributed by atoms with van der Waals surface area (Å²) in [4.78, 5) is 29.9. The number of likely N-dealkylation sites (N-methyl/N-ethyl adjacent to an activating group) is 2. The van der Waals surface area contributed by atoms with Gasteiger partial charge in [0.05, 0.1) is 16.1 Å². The minimum atomic E-state index is -4.75. The highest BCUT2D eigenvalue weighted by Gasteiger charge is 2.34. The number of nitrogens with two attached hydrogens (primary N) is 1. The number of piperazine rings is 2. The molecule has 4 rings (SSSR count). The lowest BCUT2D eigenvalue weighted by Crippen LogP contribution is -2.47. The van der Waals surface area contributed by atoms with Gasteiger partial charge in [-0.3, -0.25) is 19.8 Å². The molecule has 0 bridgehead atoms. The summed E-state index contributed by atoms with van der Waals surface area (Å²) in [6.45, 7) is 6.09. The van der Waals surface area contributed by atoms with Gasteiger partial charge in [-0.15, -0.1) is 0 Å². The van der Waals surface area contributed by atoms with Gasteiger partial charge in [-0.2, -0.15) is 26.3 Å². The number of anilines is 1. The van der Waals surface area contributed by atoms with Gasteiger partial charge >= 0.3 is 12.4 Å². The lowest BCUT2D eigenvalue weighted by atomic mass is 10.1. The van der Waals surface area contributed by atoms with E-state index in [1.807, 2.05) is 19.0 Å². The number of carbonyl (C=O) groups excluding carboxylic acids is 1. The average Bonchev–Trinajstić information content (AvgIpc) is 2.89. The van der Waals surface area contributed by atoms with E-state index < -0.39 is 40.0 Å². The van der Waals surface area contributed by atoms with E-state index >= 15 is 0 Å². The maximum absolute atomic E-state index is 12.8. The summed E-state index contributed by atoms with van der Waals surface area (Å²) in [6, 6.07) is 5.76. The molecule has 226 valence electrons. The molecule has 0 aliphatic carbocycles. The van der Waals surface area contributed by atoms with Gasteiger partial charge in [0.25, 0.3) is 11.6 Å². The van der Waals surface area contributed by atoms with E-state index in [9.17, 15) is 41.3 Å². The molecule has 0 spiro atoms. The lowest BCUT2D eigenvalue weighted by molar-refractivity contribution is -0.385. The van der Waals surface area contributed by atoms with Gasteiger partial charge in [-0.1, -0.05) is 0 Å². The predicted molar refractivity (Wildman–Crippen MR) is 140 cm³/mol. The molecule has 0 saturated carbocycles. The van der Waals surface area contributed by atoms with Crippen molar-refractivity contribution in [2.24, 2.45) is 0 Å². The monoisotopic (exact) mass is 590 g/mol. The molecule has 2 aromatic rings. The van der Waals surface area contributed by atoms with Crippen LogP contribution in [0.4, 0.5) is 37.7 Å². The van der Waals surface area contributed by atoms with Gasteiger partial charge in [0, 0.05) is 82.3 Å². The molecule has 0 radical (unpaired) electrons. The molecular formula is C26H32F6N6O3. The Bertz CT molecular complexity index is 1220. The zero-order valence-electron chi connectivity index (χ0n) is 22.6. The number of nitro groups is 1. The third-order valence-corrected chi connectivity index (χ3v) is 6.84. The van der Waals surface area contributed by atoms with Gasteiger partial charge in [0.1, 0.15) is 0 Å². The van der Waals surface area contributed by atoms with Crippen LogP contribution in [0.15, 0.2) is 36.4 Å². The molecular weight excluding hydrogens is 558 g/mol. The number of carbonyl (C=O) groups is 1. The van der Waals surface area contributed by atoms with Crippen molar-refractivity contribution in [1.82, 2.24) is 19.6 Å². The molecule has 2 aliphatic rings. The van der Waals surface area contributed by atoms with E-state index in [4.69, 9.17) is 5.73 Å². The minimum Gasteiger partial charge on any atom is -0.399 e. The average molecular weight is 591 g/mol. The van der Waals surface area contributed by atoms with Crippen LogP contribution in [-0.2, 0) is 18.9 Å². The van der Waals surface area contributed by atoms with Crippen LogP contribution in [0.5, 0.6) is 0 Å². The highest BCUT2D eigenvalue weighted by molar-refractivity contribution is 5.95. The predicted octanol–water partition coefficient (Wildman–Crippen LogP) is 4.04. The molecule has 0 atom stereocenters. The van der Waals surface area contributed by atoms with E-state index in [-0.39, 0.29) is 11.3 Å². The molecule has 2 saturated heterocycles. The van der Waals surface area contributed by atoms with Gasteiger partial charge in [0.15, 0.2) is 0 Å². The van der Waals surface area contributed by atoms with Crippen LogP contribution in [0.1, 0.15) is 27.0 Å². The van der Waals surface area contributed by atoms with Gasteiger partial charge in [-0.25, -0.2) is 0 Å². The van der Waals surface area contributed by atoms with Crippen molar-refractivity contribution in [3.63, 3.8) is 0 Å². The largest absolute Gasteiger partial charge is 0.416 e. The van der Waals surface area contributed by atoms with E-state index in [2.05, 4.69) is 9.80 Å². The normalized spacial score (nSPS) is 17.6. The molecule has 0 unspecified atom stereocenters. The van der Waals surface area contributed by atoms with Crippen molar-refractivity contribution in [3.05, 3.63) is 68.8 Å². The van der Waals surface area contributed by atoms with Crippen LogP contribution in [0.3, 0.4) is 0 Å². The Morgan fingerprint density at radius 1 is 0.805 bits per heavy atom. The molecule has 41 heavy (non-hydrogen) atoms. The zero-order valence-corrected chi connectivity index (χ0v) is 22.6. The Kier molecular flexibility index (Phi) is 10.2. The SMILES string of the molecule is CN1CCN(C(=O)c2cc([N+](=O)[O-])cc(C(F)(F)F)c2)CC1.CN1CCN(Cc2cc(N)cc(C(F)(F)F)c2)CC1. The van der Waals surface area contributed by atoms with Crippen LogP contribution in [-0.4, -0.2) is 96.9 Å². The van der Waals surface area contributed by atoms with E-state index in [1.165, 1.54) is 11.0 Å². The molecule has 2 fully saturated rings. The fraction of sp³-hybridized carbons (Fsp3) is 0.500. The highest BCUT2D eigenvalue weighted by atomic mass is 19.4. The van der Waals surface area contributed by atoms with E-state index in [0.29, 0.717) is 50.4 Å². The van der Waals surface area contributed by atoms with Crippen molar-refractivity contribution < 1.29 is 36.1 Å². The minimum absolute atomic E-state index is 0.166. The third kappa shape index (κ3) is 9.30. The fourth-order valence-electron chi connectivity index (χ4n) is 4.43. The van der Waals surface area contributed by atoms with Crippen LogP contribution in [0.2, 0.25) is 0 Å². The van der Waals surface area contributed by atoms with Crippen molar-refractivity contribution in [1.29, 1.82) is 0 Å². The quantitative estimate of drug-likeness (QED) is 0.249. The van der Waals surface area contributed by atoms with Crippen LogP contribution in [0, 0.1) is 10.1 Å². The molecule has 2 aromatic carbocycles. The number of nitro benzene ring substituents is 1. The van der Waals surface area contributed by atoms with Crippen LogP contribution < -0.4 is 5.73 Å². The number of non-ortho nitro benzene ring substituents is 1. The number of amides is 1. The summed E-state index contributed by atoms with van der Waals surface area (Å²) in [5, 5.41) is 10.8. The summed E-state index contributed by atoms with van der Waals surface area (Å²) < 4.78 is 76.5. The second-order valence-electron chi connectivity index (χ2n) is 10.2. The Labute approximate surface area is 233 Å². The Morgan fingerprint density at radius 3 is 1.83 bits per heavy atom. The summed E-state index contributed by atoms with van der Waals surface area (Å²) in [6.07, 6.45) is -9.09. The van der Waals surface area contributed by atoms with E-state index in [0.717, 1.165) is 38.3 Å².